The molecular weight excluding hydrogens is 686 g/mol. The van der Waals surface area contributed by atoms with Crippen LogP contribution in [0.1, 0.15) is 113 Å². The Morgan fingerprint density at radius 3 is 1.24 bits per heavy atom. The second-order valence-corrected chi connectivity index (χ2v) is 14.9. The summed E-state index contributed by atoms with van der Waals surface area (Å²) in [6, 6.07) is 25.7. The summed E-state index contributed by atoms with van der Waals surface area (Å²) in [5.41, 5.74) is 7.99. The van der Waals surface area contributed by atoms with E-state index in [0.29, 0.717) is 22.8 Å². The van der Waals surface area contributed by atoms with Gasteiger partial charge in [-0.25, -0.2) is 0 Å². The van der Waals surface area contributed by atoms with Crippen molar-refractivity contribution in [3.8, 4) is 0 Å². The van der Waals surface area contributed by atoms with Crippen LogP contribution < -0.4 is 0 Å². The first-order valence-electron chi connectivity index (χ1n) is 15.1. The maximum Gasteiger partial charge on any atom is 0.0455 e. The Morgan fingerprint density at radius 2 is 0.911 bits per heavy atom. The first-order chi connectivity index (χ1) is 20.4. The maximum absolute atomic E-state index is 5.94. The third-order valence-electron chi connectivity index (χ3n) is 6.92. The molecule has 6 heteroatoms. The van der Waals surface area contributed by atoms with Crippen molar-refractivity contribution in [3.05, 3.63) is 137 Å². The Kier molecular flexibility index (Phi) is 21.3. The molecular formula is C39H49ArCl5. The second kappa shape index (κ2) is 21.5. The Balaban J connectivity index is 0.000000570. The molecule has 0 nitrogen and oxygen atoms in total. The van der Waals surface area contributed by atoms with Gasteiger partial charge in [-0.2, -0.15) is 0 Å². The Hall–Kier alpha value is -0.410. The van der Waals surface area contributed by atoms with Gasteiger partial charge in [0, 0.05) is 62.9 Å². The minimum absolute atomic E-state index is 0. The molecule has 0 aliphatic rings. The van der Waals surface area contributed by atoms with Crippen LogP contribution in [-0.2, 0) is 5.41 Å². The summed E-state index contributed by atoms with van der Waals surface area (Å²) in [5, 5.41) is 3.84. The maximum atomic E-state index is 5.94. The molecule has 0 saturated carbocycles. The molecule has 0 atom stereocenters. The molecule has 0 aliphatic carbocycles. The van der Waals surface area contributed by atoms with Crippen LogP contribution in [0.25, 0.3) is 0 Å². The predicted molar refractivity (Wildman–Crippen MR) is 201 cm³/mol. The average molecular weight is 735 g/mol. The number of hydrogen-bond acceptors (Lipinski definition) is 0. The number of benzene rings is 4. The molecule has 0 aliphatic heterocycles. The van der Waals surface area contributed by atoms with Crippen molar-refractivity contribution in [1.82, 2.24) is 0 Å². The van der Waals surface area contributed by atoms with E-state index >= 15 is 0 Å². The molecule has 0 unspecified atom stereocenters. The molecule has 0 spiro atoms. The zero-order valence-electron chi connectivity index (χ0n) is 28.5. The van der Waals surface area contributed by atoms with E-state index in [0.717, 1.165) is 31.2 Å². The van der Waals surface area contributed by atoms with Gasteiger partial charge in [-0.3, -0.25) is 0 Å². The fraction of sp³-hybridized carbons (Fsp3) is 0.385. The Labute approximate surface area is 329 Å². The summed E-state index contributed by atoms with van der Waals surface area (Å²) >= 11 is 29.5. The van der Waals surface area contributed by atoms with Gasteiger partial charge >= 0.3 is 0 Å². The summed E-state index contributed by atoms with van der Waals surface area (Å²) < 4.78 is 0. The van der Waals surface area contributed by atoms with Crippen molar-refractivity contribution in [2.24, 2.45) is 0 Å². The molecule has 0 fully saturated rings. The van der Waals surface area contributed by atoms with E-state index in [1.54, 1.807) is 6.07 Å². The summed E-state index contributed by atoms with van der Waals surface area (Å²) in [6.45, 7) is 23.8. The normalized spacial score (nSPS) is 10.6. The van der Waals surface area contributed by atoms with Gasteiger partial charge in [0.25, 0.3) is 0 Å². The predicted octanol–water partition coefficient (Wildman–Crippen LogP) is 15.3. The summed E-state index contributed by atoms with van der Waals surface area (Å²) in [6.07, 6.45) is 0. The second-order valence-electron chi connectivity index (χ2n) is 12.8. The van der Waals surface area contributed by atoms with Crippen LogP contribution in [-0.4, -0.2) is 0 Å². The molecule has 0 aromatic heterocycles. The monoisotopic (exact) mass is 732 g/mol. The van der Waals surface area contributed by atoms with Gasteiger partial charge in [-0.15, -0.1) is 0 Å². The van der Waals surface area contributed by atoms with Crippen molar-refractivity contribution < 1.29 is 37.7 Å². The van der Waals surface area contributed by atoms with Gasteiger partial charge in [0.05, 0.1) is 0 Å². The van der Waals surface area contributed by atoms with Crippen LogP contribution in [0.3, 0.4) is 0 Å². The largest absolute Gasteiger partial charge is 0.0843 e. The van der Waals surface area contributed by atoms with E-state index in [1.807, 2.05) is 48.5 Å². The van der Waals surface area contributed by atoms with Crippen molar-refractivity contribution in [2.45, 2.75) is 99.3 Å². The summed E-state index contributed by atoms with van der Waals surface area (Å²) in [7, 11) is 0. The third-order valence-corrected chi connectivity index (χ3v) is 8.49. The van der Waals surface area contributed by atoms with Crippen LogP contribution in [0.5, 0.6) is 0 Å². The van der Waals surface area contributed by atoms with Gasteiger partial charge in [0.2, 0.25) is 0 Å². The third kappa shape index (κ3) is 15.6. The number of halogens is 5. The van der Waals surface area contributed by atoms with Gasteiger partial charge < -0.3 is 0 Å². The topological polar surface area (TPSA) is 0 Å². The van der Waals surface area contributed by atoms with Crippen molar-refractivity contribution in [1.29, 1.82) is 0 Å². The van der Waals surface area contributed by atoms with Gasteiger partial charge in [0.15, 0.2) is 0 Å². The summed E-state index contributed by atoms with van der Waals surface area (Å²) in [5.74, 6) is 1.37. The van der Waals surface area contributed by atoms with Gasteiger partial charge in [-0.1, -0.05) is 169 Å². The molecule has 248 valence electrons. The van der Waals surface area contributed by atoms with Crippen LogP contribution in [0, 0.1) is 51.6 Å². The van der Waals surface area contributed by atoms with E-state index in [2.05, 4.69) is 100 Å². The molecule has 0 radical (unpaired) electrons. The van der Waals surface area contributed by atoms with Crippen molar-refractivity contribution in [3.63, 3.8) is 0 Å². The van der Waals surface area contributed by atoms with E-state index in [4.69, 9.17) is 58.0 Å². The molecule has 4 aromatic carbocycles. The standard InChI is InChI=1S/C12H18.2C9H10Cl2.C9H11Cl.Ar/c1-9-7-6-8-10(2)11(9)12(3,4)5;1-6(2)8-4-3-7(10)5-9(8)11;1-6(2)9-7(10)4-3-5-8(9)11;1-7(2)8-5-3-4-6-9(8)10;/h6-8H,1-5H3;2*3-6H,1-2H3;3-7H,1-2H3;. The Bertz CT molecular complexity index is 1410. The van der Waals surface area contributed by atoms with E-state index in [1.165, 1.54) is 22.3 Å². The number of hydrogen-bond donors (Lipinski definition) is 0. The minimum atomic E-state index is 0. The zero-order chi connectivity index (χ0) is 33.8. The molecule has 0 heterocycles. The minimum Gasteiger partial charge on any atom is -0.0843 e. The van der Waals surface area contributed by atoms with Crippen LogP contribution in [0.2, 0.25) is 25.1 Å². The van der Waals surface area contributed by atoms with Crippen LogP contribution in [0.4, 0.5) is 0 Å². The molecule has 4 aromatic rings. The Morgan fingerprint density at radius 1 is 0.489 bits per heavy atom. The van der Waals surface area contributed by atoms with Crippen molar-refractivity contribution >= 4 is 58.0 Å². The first kappa shape index (κ1) is 44.6. The van der Waals surface area contributed by atoms with E-state index in [9.17, 15) is 0 Å². The SMILES string of the molecule is CC(C)c1c(Cl)cccc1Cl.CC(C)c1ccc(Cl)cc1Cl.CC(C)c1ccccc1Cl.Cc1cccc(C)c1C(C)(C)C.[Ar]. The number of aryl methyl sites for hydroxylation is 2. The van der Waals surface area contributed by atoms with E-state index in [-0.39, 0.29) is 43.2 Å². The van der Waals surface area contributed by atoms with Crippen LogP contribution in [0.15, 0.2) is 78.9 Å². The quantitative estimate of drug-likeness (QED) is 0.197. The van der Waals surface area contributed by atoms with Gasteiger partial charge in [0.1, 0.15) is 0 Å². The molecule has 4 rings (SSSR count). The molecule has 0 N–H and O–H groups in total. The van der Waals surface area contributed by atoms with Crippen LogP contribution >= 0.6 is 58.0 Å². The first-order valence-corrected chi connectivity index (χ1v) is 17.0. The van der Waals surface area contributed by atoms with Gasteiger partial charge in [-0.05, 0) is 101 Å². The molecule has 0 bridgehead atoms. The summed E-state index contributed by atoms with van der Waals surface area (Å²) in [4.78, 5) is 0. The van der Waals surface area contributed by atoms with E-state index < -0.39 is 0 Å². The average Bonchev–Trinajstić information content (AvgIpc) is 2.88. The molecule has 0 amide bonds. The zero-order valence-corrected chi connectivity index (χ0v) is 33.0. The molecule has 45 heavy (non-hydrogen) atoms. The number of rotatable bonds is 3. The molecule has 0 saturated heterocycles. The fourth-order valence-corrected chi connectivity index (χ4v) is 6.79. The smallest absolute Gasteiger partial charge is 0.0455 e. The fourth-order valence-electron chi connectivity index (χ4n) is 4.97. The van der Waals surface area contributed by atoms with Crippen molar-refractivity contribution in [2.75, 3.05) is 0 Å².